The first-order valence-corrected chi connectivity index (χ1v) is 11.0. The molecule has 4 rings (SSSR count). The summed E-state index contributed by atoms with van der Waals surface area (Å²) in [6.45, 7) is 3.78. The van der Waals surface area contributed by atoms with E-state index in [0.717, 1.165) is 25.9 Å². The van der Waals surface area contributed by atoms with E-state index >= 15 is 0 Å². The van der Waals surface area contributed by atoms with E-state index in [2.05, 4.69) is 11.8 Å². The molecule has 9 heteroatoms. The van der Waals surface area contributed by atoms with Gasteiger partial charge >= 0.3 is 6.18 Å². The number of benzene rings is 2. The van der Waals surface area contributed by atoms with Crippen LogP contribution in [0, 0.1) is 5.92 Å². The van der Waals surface area contributed by atoms with Gasteiger partial charge in [-0.25, -0.2) is 0 Å². The number of fused-ring (bicyclic) bond motifs is 1. The van der Waals surface area contributed by atoms with Crippen LogP contribution in [0.15, 0.2) is 39.5 Å². The zero-order valence-corrected chi connectivity index (χ0v) is 19.2. The molecule has 0 saturated carbocycles. The van der Waals surface area contributed by atoms with Gasteiger partial charge in [0.15, 0.2) is 11.5 Å². The normalized spacial score (nSPS) is 17.2. The van der Waals surface area contributed by atoms with Crippen molar-refractivity contribution in [3.05, 3.63) is 51.9 Å². The maximum Gasteiger partial charge on any atom is 0.450 e. The minimum Gasteiger partial charge on any atom is -0.507 e. The Bertz CT molecular complexity index is 1270. The first-order valence-electron chi connectivity index (χ1n) is 11.0. The maximum absolute atomic E-state index is 14.2. The molecule has 182 valence electrons. The summed E-state index contributed by atoms with van der Waals surface area (Å²) in [4.78, 5) is 15.5. The van der Waals surface area contributed by atoms with Crippen molar-refractivity contribution in [1.29, 1.82) is 0 Å². The second kappa shape index (κ2) is 9.21. The van der Waals surface area contributed by atoms with E-state index in [4.69, 9.17) is 13.9 Å². The Kier molecular flexibility index (Phi) is 6.49. The highest BCUT2D eigenvalue weighted by Gasteiger charge is 2.40. The van der Waals surface area contributed by atoms with Crippen LogP contribution in [-0.2, 0) is 12.7 Å². The van der Waals surface area contributed by atoms with E-state index < -0.39 is 22.9 Å². The van der Waals surface area contributed by atoms with Crippen LogP contribution in [0.2, 0.25) is 0 Å². The highest BCUT2D eigenvalue weighted by Crippen LogP contribution is 2.41. The number of methoxy groups -OCH3 is 2. The van der Waals surface area contributed by atoms with Gasteiger partial charge in [-0.2, -0.15) is 13.2 Å². The third-order valence-electron chi connectivity index (χ3n) is 6.19. The van der Waals surface area contributed by atoms with Gasteiger partial charge in [0, 0.05) is 13.1 Å². The van der Waals surface area contributed by atoms with Gasteiger partial charge in [0.1, 0.15) is 11.3 Å². The third-order valence-corrected chi connectivity index (χ3v) is 6.19. The van der Waals surface area contributed by atoms with Gasteiger partial charge in [-0.3, -0.25) is 9.69 Å². The van der Waals surface area contributed by atoms with Crippen molar-refractivity contribution < 1.29 is 32.2 Å². The Balaban J connectivity index is 1.94. The lowest BCUT2D eigenvalue weighted by atomic mass is 9.98. The van der Waals surface area contributed by atoms with Gasteiger partial charge in [0.05, 0.1) is 30.7 Å². The molecule has 3 aromatic rings. The molecule has 2 heterocycles. The number of aromatic hydroxyl groups is 1. The SMILES string of the molecule is COc1ccc(-c2c(C(F)(F)F)oc3c(CN4CCC[C@@H](C)C4)c(O)ccc3c2=O)cc1OC. The predicted octanol–water partition coefficient (Wildman–Crippen LogP) is 5.43. The largest absolute Gasteiger partial charge is 0.507 e. The number of halogens is 3. The molecular formula is C25H26F3NO5. The predicted molar refractivity (Wildman–Crippen MR) is 121 cm³/mol. The molecule has 1 saturated heterocycles. The molecule has 1 aliphatic heterocycles. The minimum atomic E-state index is -4.95. The van der Waals surface area contributed by atoms with Crippen molar-refractivity contribution in [2.75, 3.05) is 27.3 Å². The van der Waals surface area contributed by atoms with Crippen LogP contribution in [0.4, 0.5) is 13.2 Å². The zero-order valence-electron chi connectivity index (χ0n) is 19.2. The Morgan fingerprint density at radius 1 is 1.15 bits per heavy atom. The molecular weight excluding hydrogens is 451 g/mol. The Morgan fingerprint density at radius 3 is 2.53 bits per heavy atom. The van der Waals surface area contributed by atoms with E-state index in [1.54, 1.807) is 0 Å². The van der Waals surface area contributed by atoms with Gasteiger partial charge in [-0.1, -0.05) is 13.0 Å². The number of piperidine rings is 1. The number of nitrogens with zero attached hydrogens (tertiary/aromatic N) is 1. The fourth-order valence-corrected chi connectivity index (χ4v) is 4.56. The van der Waals surface area contributed by atoms with Crippen molar-refractivity contribution in [3.63, 3.8) is 0 Å². The summed E-state index contributed by atoms with van der Waals surface area (Å²) >= 11 is 0. The number of ether oxygens (including phenoxy) is 2. The van der Waals surface area contributed by atoms with Crippen LogP contribution in [0.3, 0.4) is 0 Å². The van der Waals surface area contributed by atoms with Crippen molar-refractivity contribution in [1.82, 2.24) is 4.90 Å². The number of alkyl halides is 3. The topological polar surface area (TPSA) is 72.1 Å². The summed E-state index contributed by atoms with van der Waals surface area (Å²) in [6, 6.07) is 6.71. The van der Waals surface area contributed by atoms with E-state index in [-0.39, 0.29) is 40.1 Å². The van der Waals surface area contributed by atoms with Gasteiger partial charge in [0.2, 0.25) is 11.2 Å². The average molecular weight is 477 g/mol. The Labute approximate surface area is 194 Å². The molecule has 6 nitrogen and oxygen atoms in total. The Hall–Kier alpha value is -3.20. The van der Waals surface area contributed by atoms with Crippen LogP contribution in [-0.4, -0.2) is 37.3 Å². The molecule has 0 bridgehead atoms. The van der Waals surface area contributed by atoms with Crippen molar-refractivity contribution in [3.8, 4) is 28.4 Å². The lowest BCUT2D eigenvalue weighted by Crippen LogP contribution is -2.33. The first kappa shape index (κ1) is 23.9. The average Bonchev–Trinajstić information content (AvgIpc) is 2.79. The number of hydrogen-bond donors (Lipinski definition) is 1. The van der Waals surface area contributed by atoms with Crippen LogP contribution in [0.5, 0.6) is 17.2 Å². The summed E-state index contributed by atoms with van der Waals surface area (Å²) in [5, 5.41) is 10.5. The number of phenolic OH excluding ortho intramolecular Hbond substituents is 1. The molecule has 0 spiro atoms. The monoisotopic (exact) mass is 477 g/mol. The smallest absolute Gasteiger partial charge is 0.450 e. The zero-order chi connectivity index (χ0) is 24.6. The van der Waals surface area contributed by atoms with Gasteiger partial charge < -0.3 is 19.0 Å². The molecule has 1 aromatic heterocycles. The van der Waals surface area contributed by atoms with Crippen molar-refractivity contribution in [2.24, 2.45) is 5.92 Å². The van der Waals surface area contributed by atoms with Crippen LogP contribution < -0.4 is 14.9 Å². The van der Waals surface area contributed by atoms with Gasteiger partial charge in [0.25, 0.3) is 0 Å². The number of phenols is 1. The second-order valence-electron chi connectivity index (χ2n) is 8.63. The summed E-state index contributed by atoms with van der Waals surface area (Å²) in [5.74, 6) is -0.705. The van der Waals surface area contributed by atoms with Gasteiger partial charge in [-0.05, 0) is 55.1 Å². The van der Waals surface area contributed by atoms with Crippen LogP contribution in [0.1, 0.15) is 31.1 Å². The number of hydrogen-bond acceptors (Lipinski definition) is 6. The standard InChI is InChI=1S/C25H26F3NO5/c1-14-5-4-10-29(12-14)13-17-18(30)8-7-16-22(31)21(24(25(26,27)28)34-23(16)17)15-6-9-19(32-2)20(11-15)33-3/h6-9,11,14,30H,4-5,10,12-13H2,1-3H3/t14-/m1/s1. The van der Waals surface area contributed by atoms with E-state index in [1.807, 2.05) is 0 Å². The van der Waals surface area contributed by atoms with E-state index in [0.29, 0.717) is 11.7 Å². The lowest BCUT2D eigenvalue weighted by Gasteiger charge is -2.31. The van der Waals surface area contributed by atoms with E-state index in [9.17, 15) is 23.1 Å². The molecule has 0 unspecified atom stereocenters. The molecule has 1 aliphatic rings. The third kappa shape index (κ3) is 4.44. The fourth-order valence-electron chi connectivity index (χ4n) is 4.56. The van der Waals surface area contributed by atoms with Crippen molar-refractivity contribution >= 4 is 11.0 Å². The summed E-state index contributed by atoms with van der Waals surface area (Å²) in [5.41, 5.74) is -1.55. The van der Waals surface area contributed by atoms with Crippen LogP contribution >= 0.6 is 0 Å². The maximum atomic E-state index is 14.2. The minimum absolute atomic E-state index is 0.0138. The summed E-state index contributed by atoms with van der Waals surface area (Å²) < 4.78 is 58.2. The van der Waals surface area contributed by atoms with Crippen LogP contribution in [0.25, 0.3) is 22.1 Å². The number of likely N-dealkylation sites (tertiary alicyclic amines) is 1. The summed E-state index contributed by atoms with van der Waals surface area (Å²) in [6.07, 6.45) is -2.92. The highest BCUT2D eigenvalue weighted by atomic mass is 19.4. The summed E-state index contributed by atoms with van der Waals surface area (Å²) in [7, 11) is 2.76. The van der Waals surface area contributed by atoms with Crippen molar-refractivity contribution in [2.45, 2.75) is 32.5 Å². The van der Waals surface area contributed by atoms with Gasteiger partial charge in [-0.15, -0.1) is 0 Å². The Morgan fingerprint density at radius 2 is 1.88 bits per heavy atom. The lowest BCUT2D eigenvalue weighted by molar-refractivity contribution is -0.152. The first-order chi connectivity index (χ1) is 16.1. The highest BCUT2D eigenvalue weighted by molar-refractivity contribution is 5.87. The molecule has 0 aliphatic carbocycles. The fraction of sp³-hybridized carbons (Fsp3) is 0.400. The molecule has 2 aromatic carbocycles. The molecule has 1 atom stereocenters. The quantitative estimate of drug-likeness (QED) is 0.528. The molecule has 0 radical (unpaired) electrons. The number of rotatable bonds is 5. The van der Waals surface area contributed by atoms with E-state index in [1.165, 1.54) is 44.6 Å². The molecule has 1 N–H and O–H groups in total. The molecule has 34 heavy (non-hydrogen) atoms. The molecule has 0 amide bonds. The second-order valence-corrected chi connectivity index (χ2v) is 8.63. The molecule has 1 fully saturated rings.